The van der Waals surface area contributed by atoms with Crippen LogP contribution in [0.4, 0.5) is 5.69 Å². The summed E-state index contributed by atoms with van der Waals surface area (Å²) in [4.78, 5) is 44.5. The molecule has 1 aromatic heterocycles. The van der Waals surface area contributed by atoms with E-state index in [0.717, 1.165) is 11.1 Å². The van der Waals surface area contributed by atoms with Crippen LogP contribution in [-0.4, -0.2) is 47.1 Å². The van der Waals surface area contributed by atoms with Crippen LogP contribution in [0.5, 0.6) is 5.75 Å². The molecule has 8 nitrogen and oxygen atoms in total. The molecule has 0 aliphatic carbocycles. The van der Waals surface area contributed by atoms with Crippen molar-refractivity contribution in [2.75, 3.05) is 12.0 Å². The minimum atomic E-state index is -0.864. The highest BCUT2D eigenvalue weighted by Gasteiger charge is 2.59. The number of para-hydroxylation sites is 1. The van der Waals surface area contributed by atoms with Crippen molar-refractivity contribution in [3.8, 4) is 5.75 Å². The van der Waals surface area contributed by atoms with E-state index in [9.17, 15) is 19.5 Å². The van der Waals surface area contributed by atoms with Gasteiger partial charge in [0.2, 0.25) is 11.8 Å². The van der Waals surface area contributed by atoms with Crippen LogP contribution in [0.15, 0.2) is 54.7 Å². The van der Waals surface area contributed by atoms with Gasteiger partial charge in [-0.1, -0.05) is 30.3 Å². The number of rotatable bonds is 4. The van der Waals surface area contributed by atoms with Crippen molar-refractivity contribution in [3.63, 3.8) is 0 Å². The molecule has 3 heterocycles. The summed E-state index contributed by atoms with van der Waals surface area (Å²) in [6, 6.07) is 12.5. The highest BCUT2D eigenvalue weighted by molar-refractivity contribution is 6.15. The van der Waals surface area contributed by atoms with Gasteiger partial charge in [-0.05, 0) is 36.2 Å². The molecule has 1 saturated heterocycles. The molecule has 5 rings (SSSR count). The van der Waals surface area contributed by atoms with Crippen LogP contribution in [0.2, 0.25) is 0 Å². The van der Waals surface area contributed by atoms with Crippen LogP contribution in [0.3, 0.4) is 0 Å². The van der Waals surface area contributed by atoms with E-state index in [2.05, 4.69) is 10.3 Å². The second-order valence-corrected chi connectivity index (χ2v) is 8.04. The Morgan fingerprint density at radius 3 is 2.69 bits per heavy atom. The predicted molar refractivity (Wildman–Crippen MR) is 116 cm³/mol. The number of phenols is 1. The Hall–Kier alpha value is -3.94. The van der Waals surface area contributed by atoms with E-state index in [4.69, 9.17) is 4.74 Å². The fourth-order valence-electron chi connectivity index (χ4n) is 4.98. The van der Waals surface area contributed by atoms with E-state index >= 15 is 0 Å². The Bertz CT molecular complexity index is 1270. The van der Waals surface area contributed by atoms with E-state index in [-0.39, 0.29) is 11.7 Å². The summed E-state index contributed by atoms with van der Waals surface area (Å²) >= 11 is 0. The van der Waals surface area contributed by atoms with Gasteiger partial charge in [0, 0.05) is 23.2 Å². The minimum Gasteiger partial charge on any atom is -0.506 e. The number of esters is 1. The van der Waals surface area contributed by atoms with Gasteiger partial charge < -0.3 is 15.2 Å². The van der Waals surface area contributed by atoms with Gasteiger partial charge in [0.15, 0.2) is 0 Å². The topological polar surface area (TPSA) is 109 Å². The Kier molecular flexibility index (Phi) is 4.58. The number of aromatic nitrogens is 1. The number of benzene rings is 2. The molecule has 2 N–H and O–H groups in total. The third kappa shape index (κ3) is 2.76. The molecule has 3 aromatic rings. The summed E-state index contributed by atoms with van der Waals surface area (Å²) in [6.45, 7) is 1.54. The van der Waals surface area contributed by atoms with Gasteiger partial charge in [0.05, 0.1) is 13.0 Å². The number of pyridine rings is 1. The lowest BCUT2D eigenvalue weighted by molar-refractivity contribution is -0.144. The Morgan fingerprint density at radius 2 is 1.91 bits per heavy atom. The van der Waals surface area contributed by atoms with Gasteiger partial charge >= 0.3 is 5.97 Å². The second kappa shape index (κ2) is 7.33. The zero-order chi connectivity index (χ0) is 22.6. The average Bonchev–Trinajstić information content (AvgIpc) is 3.26. The van der Waals surface area contributed by atoms with E-state index in [1.165, 1.54) is 25.0 Å². The normalized spacial score (nSPS) is 22.0. The molecule has 0 spiro atoms. The van der Waals surface area contributed by atoms with Gasteiger partial charge in [-0.2, -0.15) is 0 Å². The zero-order valence-corrected chi connectivity index (χ0v) is 17.5. The minimum absolute atomic E-state index is 0.0276. The van der Waals surface area contributed by atoms with Crippen molar-refractivity contribution in [3.05, 3.63) is 65.9 Å². The van der Waals surface area contributed by atoms with Crippen LogP contribution in [0.25, 0.3) is 10.9 Å². The molecule has 2 aromatic carbocycles. The summed E-state index contributed by atoms with van der Waals surface area (Å²) in [7, 11) is 1.25. The molecule has 2 aliphatic rings. The molecule has 32 heavy (non-hydrogen) atoms. The number of amides is 2. The molecular weight excluding hydrogens is 410 g/mol. The van der Waals surface area contributed by atoms with Gasteiger partial charge in [-0.15, -0.1) is 0 Å². The summed E-state index contributed by atoms with van der Waals surface area (Å²) in [6.07, 6.45) is 1.58. The van der Waals surface area contributed by atoms with Crippen LogP contribution in [0.1, 0.15) is 29.9 Å². The lowest BCUT2D eigenvalue weighted by Crippen LogP contribution is -2.51. The number of carbonyl (C=O) groups excluding carboxylic acids is 3. The molecule has 2 aliphatic heterocycles. The lowest BCUT2D eigenvalue weighted by atomic mass is 9.76. The first-order valence-electron chi connectivity index (χ1n) is 10.3. The van der Waals surface area contributed by atoms with Crippen molar-refractivity contribution in [1.29, 1.82) is 0 Å². The largest absolute Gasteiger partial charge is 0.506 e. The highest BCUT2D eigenvalue weighted by atomic mass is 16.5. The first kappa shape index (κ1) is 20.0. The number of carbonyl (C=O) groups is 3. The summed E-state index contributed by atoms with van der Waals surface area (Å²) < 4.78 is 4.73. The Balaban J connectivity index is 1.67. The quantitative estimate of drug-likeness (QED) is 0.613. The van der Waals surface area contributed by atoms with Gasteiger partial charge in [-0.3, -0.25) is 19.5 Å². The Morgan fingerprint density at radius 1 is 1.12 bits per heavy atom. The fraction of sp³-hybridized carbons (Fsp3) is 0.250. The molecule has 4 atom stereocenters. The van der Waals surface area contributed by atoms with Crippen LogP contribution >= 0.6 is 0 Å². The van der Waals surface area contributed by atoms with Crippen LogP contribution < -0.4 is 10.2 Å². The number of hydrogen-bond donors (Lipinski definition) is 2. The number of anilines is 1. The number of methoxy groups -OCH3 is 1. The predicted octanol–water partition coefficient (Wildman–Crippen LogP) is 2.21. The first-order chi connectivity index (χ1) is 15.4. The lowest BCUT2D eigenvalue weighted by Gasteiger charge is -2.33. The monoisotopic (exact) mass is 431 g/mol. The first-order valence-corrected chi connectivity index (χ1v) is 10.3. The average molecular weight is 431 g/mol. The van der Waals surface area contributed by atoms with Crippen molar-refractivity contribution < 1.29 is 24.2 Å². The number of aromatic hydroxyl groups is 1. The maximum absolute atomic E-state index is 13.4. The maximum Gasteiger partial charge on any atom is 0.328 e. The zero-order valence-electron chi connectivity index (χ0n) is 17.5. The van der Waals surface area contributed by atoms with Gasteiger partial charge in [0.1, 0.15) is 23.3 Å². The van der Waals surface area contributed by atoms with Gasteiger partial charge in [-0.25, -0.2) is 4.79 Å². The molecule has 8 heteroatoms. The van der Waals surface area contributed by atoms with Crippen molar-refractivity contribution >= 4 is 34.4 Å². The molecule has 162 valence electrons. The van der Waals surface area contributed by atoms with Crippen molar-refractivity contribution in [2.24, 2.45) is 0 Å². The number of nitrogens with zero attached hydrogens (tertiary/aromatic N) is 2. The van der Waals surface area contributed by atoms with Crippen molar-refractivity contribution in [1.82, 2.24) is 10.3 Å². The molecule has 2 bridgehead atoms. The van der Waals surface area contributed by atoms with E-state index in [1.54, 1.807) is 18.3 Å². The SMILES string of the molecule is COC(=O)[C@H](C)NC(=O)C1C(c2ccc(O)c3ncccc23)C2C(=O)N1c1ccccc12. The molecular formula is C24H21N3O5. The maximum atomic E-state index is 13.4. The summed E-state index contributed by atoms with van der Waals surface area (Å²) in [5.41, 5.74) is 2.71. The Labute approximate surface area is 183 Å². The van der Waals surface area contributed by atoms with Crippen LogP contribution in [0, 0.1) is 0 Å². The molecule has 3 unspecified atom stereocenters. The summed E-state index contributed by atoms with van der Waals surface area (Å²) in [5.74, 6) is -2.22. The molecule has 0 radical (unpaired) electrons. The van der Waals surface area contributed by atoms with Gasteiger partial charge in [0.25, 0.3) is 0 Å². The van der Waals surface area contributed by atoms with Crippen molar-refractivity contribution in [2.45, 2.75) is 30.8 Å². The molecule has 1 fully saturated rings. The number of ether oxygens (including phenoxy) is 1. The number of phenolic OH excluding ortho intramolecular Hbond substituents is 1. The number of hydrogen-bond acceptors (Lipinski definition) is 6. The molecule has 2 amide bonds. The third-order valence-corrected chi connectivity index (χ3v) is 6.34. The number of fused-ring (bicyclic) bond motifs is 6. The fourth-order valence-corrected chi connectivity index (χ4v) is 4.98. The number of nitrogens with one attached hydrogen (secondary N) is 1. The standard InChI is InChI=1S/C24H21N3O5/c1-12(24(31)32-2)26-22(29)21-18(13-9-10-17(28)20-14(13)7-5-11-25-20)19-15-6-3-4-8-16(15)27(21)23(19)30/h3-12,18-19,21,28H,1-2H3,(H,26,29)/t12-,18?,19?,21?/m0/s1. The highest BCUT2D eigenvalue weighted by Crippen LogP contribution is 2.56. The summed E-state index contributed by atoms with van der Waals surface area (Å²) in [5, 5.41) is 13.7. The molecule has 0 saturated carbocycles. The van der Waals surface area contributed by atoms with E-state index < -0.39 is 35.8 Å². The smallest absolute Gasteiger partial charge is 0.328 e. The van der Waals surface area contributed by atoms with E-state index in [1.807, 2.05) is 30.3 Å². The second-order valence-electron chi connectivity index (χ2n) is 8.04. The van der Waals surface area contributed by atoms with E-state index in [0.29, 0.717) is 16.6 Å². The van der Waals surface area contributed by atoms with Crippen LogP contribution in [-0.2, 0) is 19.1 Å². The third-order valence-electron chi connectivity index (χ3n) is 6.34.